The van der Waals surface area contributed by atoms with Crippen LogP contribution in [0.3, 0.4) is 0 Å². The largest absolute Gasteiger partial charge is 0.340 e. The van der Waals surface area contributed by atoms with Gasteiger partial charge in [-0.15, -0.1) is 11.3 Å². The van der Waals surface area contributed by atoms with Crippen LogP contribution in [0.15, 0.2) is 52.6 Å². The van der Waals surface area contributed by atoms with E-state index < -0.39 is 0 Å². The van der Waals surface area contributed by atoms with Crippen LogP contribution < -0.4 is 5.43 Å². The standard InChI is InChI=1S/C20H23NOS/c1-2-3-4-5-9-13-21-17-12-14-23-20(17)19(22)15-18(21)16-10-7-6-8-11-16/h6-8,10-12,14-15H,2-5,9,13H2,1H3. The summed E-state index contributed by atoms with van der Waals surface area (Å²) in [7, 11) is 0. The fourth-order valence-electron chi connectivity index (χ4n) is 3.06. The number of benzene rings is 1. The normalized spacial score (nSPS) is 11.2. The van der Waals surface area contributed by atoms with Crippen LogP contribution in [0, 0.1) is 0 Å². The van der Waals surface area contributed by atoms with Gasteiger partial charge < -0.3 is 4.57 Å². The zero-order valence-corrected chi connectivity index (χ0v) is 14.4. The van der Waals surface area contributed by atoms with Gasteiger partial charge in [-0.1, -0.05) is 62.9 Å². The van der Waals surface area contributed by atoms with Crippen molar-refractivity contribution in [3.8, 4) is 11.3 Å². The molecule has 0 fully saturated rings. The van der Waals surface area contributed by atoms with Gasteiger partial charge in [-0.25, -0.2) is 0 Å². The number of rotatable bonds is 7. The molecule has 0 saturated carbocycles. The zero-order valence-electron chi connectivity index (χ0n) is 13.6. The maximum atomic E-state index is 12.4. The van der Waals surface area contributed by atoms with Crippen molar-refractivity contribution in [2.45, 2.75) is 45.6 Å². The average Bonchev–Trinajstić information content (AvgIpc) is 3.07. The minimum Gasteiger partial charge on any atom is -0.340 e. The summed E-state index contributed by atoms with van der Waals surface area (Å²) in [5.74, 6) is 0. The number of aromatic nitrogens is 1. The van der Waals surface area contributed by atoms with Crippen LogP contribution in [0.2, 0.25) is 0 Å². The Morgan fingerprint density at radius 2 is 1.78 bits per heavy atom. The molecule has 2 heterocycles. The fraction of sp³-hybridized carbons (Fsp3) is 0.350. The molecule has 3 aromatic rings. The highest BCUT2D eigenvalue weighted by molar-refractivity contribution is 7.17. The highest BCUT2D eigenvalue weighted by Gasteiger charge is 2.11. The monoisotopic (exact) mass is 325 g/mol. The number of unbranched alkanes of at least 4 members (excludes halogenated alkanes) is 4. The minimum atomic E-state index is 0.135. The quantitative estimate of drug-likeness (QED) is 0.511. The van der Waals surface area contributed by atoms with Gasteiger partial charge in [0.05, 0.1) is 15.9 Å². The van der Waals surface area contributed by atoms with Gasteiger partial charge in [0, 0.05) is 12.6 Å². The van der Waals surface area contributed by atoms with E-state index in [0.717, 1.165) is 34.4 Å². The molecule has 0 aliphatic carbocycles. The lowest BCUT2D eigenvalue weighted by Crippen LogP contribution is -2.10. The van der Waals surface area contributed by atoms with Crippen LogP contribution >= 0.6 is 11.3 Å². The Labute approximate surface area is 141 Å². The van der Waals surface area contributed by atoms with E-state index >= 15 is 0 Å². The lowest BCUT2D eigenvalue weighted by molar-refractivity contribution is 0.578. The molecular weight excluding hydrogens is 302 g/mol. The van der Waals surface area contributed by atoms with Crippen molar-refractivity contribution >= 4 is 21.6 Å². The highest BCUT2D eigenvalue weighted by Crippen LogP contribution is 2.26. The molecule has 2 nitrogen and oxygen atoms in total. The molecule has 2 aromatic heterocycles. The molecule has 0 aliphatic rings. The van der Waals surface area contributed by atoms with Gasteiger partial charge in [-0.2, -0.15) is 0 Å². The van der Waals surface area contributed by atoms with Crippen LogP contribution in [0.4, 0.5) is 0 Å². The van der Waals surface area contributed by atoms with Gasteiger partial charge in [0.25, 0.3) is 0 Å². The Balaban J connectivity index is 1.97. The molecule has 120 valence electrons. The first-order valence-corrected chi connectivity index (χ1v) is 9.35. The molecule has 0 amide bonds. The molecule has 0 unspecified atom stereocenters. The SMILES string of the molecule is CCCCCCCn1c(-c2ccccc2)cc(=O)c2sccc21. The van der Waals surface area contributed by atoms with Crippen LogP contribution in [0.1, 0.15) is 39.0 Å². The summed E-state index contributed by atoms with van der Waals surface area (Å²) in [4.78, 5) is 12.4. The van der Waals surface area contributed by atoms with Crippen molar-refractivity contribution in [2.24, 2.45) is 0 Å². The van der Waals surface area contributed by atoms with Crippen molar-refractivity contribution in [1.82, 2.24) is 4.57 Å². The van der Waals surface area contributed by atoms with Gasteiger partial charge >= 0.3 is 0 Å². The summed E-state index contributed by atoms with van der Waals surface area (Å²) in [6.07, 6.45) is 6.28. The van der Waals surface area contributed by atoms with Crippen molar-refractivity contribution in [1.29, 1.82) is 0 Å². The molecule has 1 aromatic carbocycles. The topological polar surface area (TPSA) is 22.0 Å². The Morgan fingerprint density at radius 3 is 2.57 bits per heavy atom. The van der Waals surface area contributed by atoms with E-state index in [9.17, 15) is 4.79 Å². The van der Waals surface area contributed by atoms with Gasteiger partial charge in [0.15, 0.2) is 5.43 Å². The Morgan fingerprint density at radius 1 is 1.00 bits per heavy atom. The third-order valence-electron chi connectivity index (χ3n) is 4.27. The van der Waals surface area contributed by atoms with Gasteiger partial charge in [0.2, 0.25) is 0 Å². The van der Waals surface area contributed by atoms with Crippen LogP contribution in [0.25, 0.3) is 21.5 Å². The summed E-state index contributed by atoms with van der Waals surface area (Å²) in [5, 5.41) is 2.02. The predicted molar refractivity (Wildman–Crippen MR) is 100 cm³/mol. The lowest BCUT2D eigenvalue weighted by Gasteiger charge is -2.15. The number of hydrogen-bond acceptors (Lipinski definition) is 2. The molecular formula is C20H23NOS. The van der Waals surface area contributed by atoms with Crippen LogP contribution in [-0.4, -0.2) is 4.57 Å². The van der Waals surface area contributed by atoms with Gasteiger partial charge in [0.1, 0.15) is 0 Å². The second-order valence-electron chi connectivity index (χ2n) is 5.96. The number of fused-ring (bicyclic) bond motifs is 1. The fourth-order valence-corrected chi connectivity index (χ4v) is 3.87. The van der Waals surface area contributed by atoms with Crippen molar-refractivity contribution in [3.63, 3.8) is 0 Å². The summed E-state index contributed by atoms with van der Waals surface area (Å²) < 4.78 is 3.20. The molecule has 0 saturated heterocycles. The third kappa shape index (κ3) is 3.56. The van der Waals surface area contributed by atoms with Gasteiger partial charge in [-0.3, -0.25) is 4.79 Å². The van der Waals surface area contributed by atoms with Crippen LogP contribution in [-0.2, 0) is 6.54 Å². The second kappa shape index (κ2) is 7.60. The molecule has 0 bridgehead atoms. The molecule has 0 atom stereocenters. The zero-order chi connectivity index (χ0) is 16.1. The average molecular weight is 325 g/mol. The molecule has 0 radical (unpaired) electrons. The van der Waals surface area contributed by atoms with E-state index in [1.165, 1.54) is 25.7 Å². The summed E-state index contributed by atoms with van der Waals surface area (Å²) in [6.45, 7) is 3.21. The minimum absolute atomic E-state index is 0.135. The van der Waals surface area contributed by atoms with Crippen molar-refractivity contribution in [2.75, 3.05) is 0 Å². The third-order valence-corrected chi connectivity index (χ3v) is 5.19. The summed E-state index contributed by atoms with van der Waals surface area (Å²) >= 11 is 1.55. The van der Waals surface area contributed by atoms with E-state index in [-0.39, 0.29) is 5.43 Å². The van der Waals surface area contributed by atoms with Crippen LogP contribution in [0.5, 0.6) is 0 Å². The first-order valence-electron chi connectivity index (χ1n) is 8.47. The molecule has 0 spiro atoms. The van der Waals surface area contributed by atoms with E-state index in [1.54, 1.807) is 17.4 Å². The molecule has 3 rings (SSSR count). The number of hydrogen-bond donors (Lipinski definition) is 0. The Bertz CT molecular complexity index is 817. The summed E-state index contributed by atoms with van der Waals surface area (Å²) in [6, 6.07) is 14.1. The highest BCUT2D eigenvalue weighted by atomic mass is 32.1. The van der Waals surface area contributed by atoms with E-state index in [4.69, 9.17) is 0 Å². The predicted octanol–water partition coefficient (Wildman–Crippen LogP) is 5.70. The van der Waals surface area contributed by atoms with E-state index in [0.29, 0.717) is 0 Å². The maximum absolute atomic E-state index is 12.4. The van der Waals surface area contributed by atoms with E-state index in [2.05, 4.69) is 29.7 Å². The maximum Gasteiger partial charge on any atom is 0.199 e. The number of thiophene rings is 1. The van der Waals surface area contributed by atoms with Gasteiger partial charge in [-0.05, 0) is 23.4 Å². The number of pyridine rings is 1. The molecule has 3 heteroatoms. The lowest BCUT2D eigenvalue weighted by atomic mass is 10.1. The molecule has 0 N–H and O–H groups in total. The first kappa shape index (κ1) is 16.0. The second-order valence-corrected chi connectivity index (χ2v) is 6.88. The Kier molecular flexibility index (Phi) is 5.29. The van der Waals surface area contributed by atoms with Crippen molar-refractivity contribution < 1.29 is 0 Å². The number of nitrogens with zero attached hydrogens (tertiary/aromatic N) is 1. The van der Waals surface area contributed by atoms with E-state index in [1.807, 2.05) is 23.6 Å². The first-order chi connectivity index (χ1) is 11.3. The number of aryl methyl sites for hydroxylation is 1. The molecule has 0 aliphatic heterocycles. The Hall–Kier alpha value is -1.87. The molecule has 23 heavy (non-hydrogen) atoms. The smallest absolute Gasteiger partial charge is 0.199 e. The van der Waals surface area contributed by atoms with Crippen molar-refractivity contribution in [3.05, 3.63) is 58.1 Å². The summed E-state index contributed by atoms with van der Waals surface area (Å²) in [5.41, 5.74) is 3.37.